The molecule has 0 saturated carbocycles. The van der Waals surface area contributed by atoms with Gasteiger partial charge in [0.15, 0.2) is 0 Å². The molecule has 1 N–H and O–H groups in total. The maximum atomic E-state index is 11.8. The van der Waals surface area contributed by atoms with Crippen LogP contribution < -0.4 is 5.32 Å². The second-order valence-electron chi connectivity index (χ2n) is 3.82. The molecule has 5 heteroatoms. The highest BCUT2D eigenvalue weighted by Crippen LogP contribution is 2.09. The van der Waals surface area contributed by atoms with Gasteiger partial charge in [-0.3, -0.25) is 9.48 Å². The van der Waals surface area contributed by atoms with E-state index in [1.54, 1.807) is 10.9 Å². The summed E-state index contributed by atoms with van der Waals surface area (Å²) in [5, 5.41) is 7.21. The summed E-state index contributed by atoms with van der Waals surface area (Å²) in [6.07, 6.45) is 4.54. The van der Waals surface area contributed by atoms with E-state index >= 15 is 0 Å². The summed E-state index contributed by atoms with van der Waals surface area (Å²) >= 11 is 0. The normalized spacial score (nSPS) is 20.9. The average molecular weight is 208 g/mol. The van der Waals surface area contributed by atoms with E-state index in [0.717, 1.165) is 19.5 Å². The molecule has 2 heterocycles. The molecule has 1 atom stereocenters. The Morgan fingerprint density at radius 1 is 1.67 bits per heavy atom. The van der Waals surface area contributed by atoms with E-state index in [9.17, 15) is 4.79 Å². The molecule has 0 aliphatic carbocycles. The molecule has 0 bridgehead atoms. The SMILES string of the molecule is CNC1CCN(C(=O)Cn2cccn2)C1. The molecule has 15 heavy (non-hydrogen) atoms. The Labute approximate surface area is 89.1 Å². The van der Waals surface area contributed by atoms with Crippen molar-refractivity contribution in [3.05, 3.63) is 18.5 Å². The summed E-state index contributed by atoms with van der Waals surface area (Å²) in [4.78, 5) is 13.7. The van der Waals surface area contributed by atoms with Crippen LogP contribution in [0.5, 0.6) is 0 Å². The van der Waals surface area contributed by atoms with Gasteiger partial charge >= 0.3 is 0 Å². The van der Waals surface area contributed by atoms with E-state index in [1.165, 1.54) is 0 Å². The van der Waals surface area contributed by atoms with E-state index in [1.807, 2.05) is 24.2 Å². The van der Waals surface area contributed by atoms with Crippen LogP contribution in [0.1, 0.15) is 6.42 Å². The molecule has 1 amide bonds. The van der Waals surface area contributed by atoms with Crippen LogP contribution in [0.4, 0.5) is 0 Å². The van der Waals surface area contributed by atoms with Gasteiger partial charge in [0.25, 0.3) is 0 Å². The zero-order chi connectivity index (χ0) is 10.7. The molecule has 1 aromatic heterocycles. The maximum absolute atomic E-state index is 11.8. The van der Waals surface area contributed by atoms with Gasteiger partial charge in [-0.05, 0) is 19.5 Å². The van der Waals surface area contributed by atoms with Crippen molar-refractivity contribution in [2.75, 3.05) is 20.1 Å². The summed E-state index contributed by atoms with van der Waals surface area (Å²) < 4.78 is 1.66. The van der Waals surface area contributed by atoms with Crippen molar-refractivity contribution in [1.82, 2.24) is 20.0 Å². The van der Waals surface area contributed by atoms with Crippen LogP contribution in [0.2, 0.25) is 0 Å². The van der Waals surface area contributed by atoms with Crippen LogP contribution in [0.3, 0.4) is 0 Å². The third-order valence-corrected chi connectivity index (χ3v) is 2.81. The Hall–Kier alpha value is -1.36. The number of nitrogens with one attached hydrogen (secondary N) is 1. The molecule has 1 saturated heterocycles. The van der Waals surface area contributed by atoms with Gasteiger partial charge in [-0.1, -0.05) is 0 Å². The third kappa shape index (κ3) is 2.36. The second-order valence-corrected chi connectivity index (χ2v) is 3.82. The number of likely N-dealkylation sites (tertiary alicyclic amines) is 1. The van der Waals surface area contributed by atoms with Gasteiger partial charge in [-0.25, -0.2) is 0 Å². The Bertz CT molecular complexity index is 322. The van der Waals surface area contributed by atoms with Crippen LogP contribution in [-0.2, 0) is 11.3 Å². The zero-order valence-electron chi connectivity index (χ0n) is 8.89. The molecule has 0 aromatic carbocycles. The van der Waals surface area contributed by atoms with Crippen LogP contribution in [-0.4, -0.2) is 46.8 Å². The second kappa shape index (κ2) is 4.44. The lowest BCUT2D eigenvalue weighted by atomic mass is 10.3. The number of carbonyl (C=O) groups excluding carboxylic acids is 1. The first kappa shape index (κ1) is 10.2. The topological polar surface area (TPSA) is 50.2 Å². The molecule has 1 unspecified atom stereocenters. The summed E-state index contributed by atoms with van der Waals surface area (Å²) in [6.45, 7) is 2.02. The number of hydrogen-bond donors (Lipinski definition) is 1. The van der Waals surface area contributed by atoms with Gasteiger partial charge in [0.05, 0.1) is 0 Å². The summed E-state index contributed by atoms with van der Waals surface area (Å²) in [6, 6.07) is 2.28. The molecule has 1 aliphatic heterocycles. The molecule has 0 radical (unpaired) electrons. The summed E-state index contributed by atoms with van der Waals surface area (Å²) in [5.74, 6) is 0.149. The van der Waals surface area contributed by atoms with Gasteiger partial charge in [-0.2, -0.15) is 5.10 Å². The van der Waals surface area contributed by atoms with Crippen LogP contribution in [0, 0.1) is 0 Å². The predicted molar refractivity (Wildman–Crippen MR) is 56.3 cm³/mol. The molecule has 1 aromatic rings. The van der Waals surface area contributed by atoms with Crippen molar-refractivity contribution in [3.63, 3.8) is 0 Å². The minimum atomic E-state index is 0.149. The Morgan fingerprint density at radius 2 is 2.53 bits per heavy atom. The molecule has 5 nitrogen and oxygen atoms in total. The molecule has 2 rings (SSSR count). The Morgan fingerprint density at radius 3 is 3.13 bits per heavy atom. The first-order valence-corrected chi connectivity index (χ1v) is 5.22. The molecule has 82 valence electrons. The molecular formula is C10H16N4O. The van der Waals surface area contributed by atoms with Crippen molar-refractivity contribution in [1.29, 1.82) is 0 Å². The van der Waals surface area contributed by atoms with Gasteiger partial charge in [0, 0.05) is 31.5 Å². The number of amides is 1. The van der Waals surface area contributed by atoms with E-state index in [4.69, 9.17) is 0 Å². The van der Waals surface area contributed by atoms with Gasteiger partial charge in [0.1, 0.15) is 6.54 Å². The zero-order valence-corrected chi connectivity index (χ0v) is 8.89. The number of aromatic nitrogens is 2. The molecule has 0 spiro atoms. The fourth-order valence-electron chi connectivity index (χ4n) is 1.85. The van der Waals surface area contributed by atoms with Crippen molar-refractivity contribution >= 4 is 5.91 Å². The first-order valence-electron chi connectivity index (χ1n) is 5.22. The third-order valence-electron chi connectivity index (χ3n) is 2.81. The lowest BCUT2D eigenvalue weighted by Crippen LogP contribution is -2.35. The Balaban J connectivity index is 1.87. The van der Waals surface area contributed by atoms with Gasteiger partial charge in [0.2, 0.25) is 5.91 Å². The van der Waals surface area contributed by atoms with E-state index in [-0.39, 0.29) is 5.91 Å². The monoisotopic (exact) mass is 208 g/mol. The van der Waals surface area contributed by atoms with E-state index < -0.39 is 0 Å². The largest absolute Gasteiger partial charge is 0.339 e. The number of carbonyl (C=O) groups is 1. The van der Waals surface area contributed by atoms with E-state index in [0.29, 0.717) is 12.6 Å². The molecule has 1 fully saturated rings. The average Bonchev–Trinajstić information content (AvgIpc) is 2.86. The molecular weight excluding hydrogens is 192 g/mol. The van der Waals surface area contributed by atoms with Crippen molar-refractivity contribution in [2.24, 2.45) is 0 Å². The summed E-state index contributed by atoms with van der Waals surface area (Å²) in [5.41, 5.74) is 0. The number of rotatable bonds is 3. The number of likely N-dealkylation sites (N-methyl/N-ethyl adjacent to an activating group) is 1. The number of nitrogens with zero attached hydrogens (tertiary/aromatic N) is 3. The van der Waals surface area contributed by atoms with Crippen molar-refractivity contribution in [2.45, 2.75) is 19.0 Å². The lowest BCUT2D eigenvalue weighted by molar-refractivity contribution is -0.131. The van der Waals surface area contributed by atoms with Crippen molar-refractivity contribution in [3.8, 4) is 0 Å². The van der Waals surface area contributed by atoms with Gasteiger partial charge < -0.3 is 10.2 Å². The number of hydrogen-bond acceptors (Lipinski definition) is 3. The highest BCUT2D eigenvalue weighted by atomic mass is 16.2. The van der Waals surface area contributed by atoms with Crippen LogP contribution in [0.15, 0.2) is 18.5 Å². The Kier molecular flexibility index (Phi) is 3.01. The highest BCUT2D eigenvalue weighted by Gasteiger charge is 2.24. The first-order chi connectivity index (χ1) is 7.29. The van der Waals surface area contributed by atoms with Crippen LogP contribution in [0.25, 0.3) is 0 Å². The smallest absolute Gasteiger partial charge is 0.244 e. The minimum absolute atomic E-state index is 0.149. The maximum Gasteiger partial charge on any atom is 0.244 e. The fraction of sp³-hybridized carbons (Fsp3) is 0.600. The van der Waals surface area contributed by atoms with Crippen LogP contribution >= 0.6 is 0 Å². The predicted octanol–water partition coefficient (Wildman–Crippen LogP) is -0.297. The standard InChI is InChI=1S/C10H16N4O/c1-11-9-3-6-13(7-9)10(15)8-14-5-2-4-12-14/h2,4-5,9,11H,3,6-8H2,1H3. The van der Waals surface area contributed by atoms with Gasteiger partial charge in [-0.15, -0.1) is 0 Å². The summed E-state index contributed by atoms with van der Waals surface area (Å²) in [7, 11) is 1.94. The minimum Gasteiger partial charge on any atom is -0.339 e. The lowest BCUT2D eigenvalue weighted by Gasteiger charge is -2.16. The molecule has 1 aliphatic rings. The highest BCUT2D eigenvalue weighted by molar-refractivity contribution is 5.76. The van der Waals surface area contributed by atoms with E-state index in [2.05, 4.69) is 10.4 Å². The quantitative estimate of drug-likeness (QED) is 0.742. The fourth-order valence-corrected chi connectivity index (χ4v) is 1.85. The van der Waals surface area contributed by atoms with Crippen molar-refractivity contribution < 1.29 is 4.79 Å².